The van der Waals surface area contributed by atoms with Crippen LogP contribution < -0.4 is 10.1 Å². The fraction of sp³-hybridized carbons (Fsp3) is 0.318. The van der Waals surface area contributed by atoms with Crippen molar-refractivity contribution in [3.05, 3.63) is 58.9 Å². The number of ether oxygens (including phenoxy) is 1. The van der Waals surface area contributed by atoms with Crippen LogP contribution in [-0.2, 0) is 0 Å². The maximum absolute atomic E-state index is 12.8. The zero-order valence-corrected chi connectivity index (χ0v) is 15.5. The first-order valence-corrected chi connectivity index (χ1v) is 9.40. The molecule has 2 aliphatic carbocycles. The quantitative estimate of drug-likeness (QED) is 0.744. The van der Waals surface area contributed by atoms with Crippen LogP contribution >= 0.6 is 0 Å². The van der Waals surface area contributed by atoms with E-state index in [4.69, 9.17) is 14.7 Å². The van der Waals surface area contributed by atoms with Gasteiger partial charge in [0.15, 0.2) is 0 Å². The van der Waals surface area contributed by atoms with E-state index in [0.29, 0.717) is 28.8 Å². The second kappa shape index (κ2) is 6.05. The van der Waals surface area contributed by atoms with Gasteiger partial charge in [-0.2, -0.15) is 0 Å². The molecule has 1 fully saturated rings. The van der Waals surface area contributed by atoms with Crippen molar-refractivity contribution in [1.82, 2.24) is 9.97 Å². The standard InChI is InChI=1S/C22H21N3O2/c1-12-3-8-19(27-2)18(9-12)25-22(26)15-6-7-16-17(11-15)24-21-14-5-4-13(10-14)20(21)23-16/h3,6-9,11,13-14H,4-5,10H2,1-2H3,(H,25,26). The zero-order chi connectivity index (χ0) is 18.5. The third kappa shape index (κ3) is 2.65. The summed E-state index contributed by atoms with van der Waals surface area (Å²) in [6.45, 7) is 1.98. The Balaban J connectivity index is 1.48. The minimum atomic E-state index is -0.176. The third-order valence-electron chi connectivity index (χ3n) is 5.79. The van der Waals surface area contributed by atoms with Crippen molar-refractivity contribution in [2.45, 2.75) is 38.0 Å². The average Bonchev–Trinajstić information content (AvgIpc) is 3.28. The Hall–Kier alpha value is -2.95. The number of carbonyl (C=O) groups excluding carboxylic acids is 1. The Morgan fingerprint density at radius 3 is 2.52 bits per heavy atom. The maximum atomic E-state index is 12.8. The highest BCUT2D eigenvalue weighted by molar-refractivity contribution is 6.06. The van der Waals surface area contributed by atoms with E-state index in [1.165, 1.54) is 25.0 Å². The number of carbonyl (C=O) groups is 1. The van der Waals surface area contributed by atoms with Crippen molar-refractivity contribution in [2.75, 3.05) is 12.4 Å². The van der Waals surface area contributed by atoms with Crippen molar-refractivity contribution < 1.29 is 9.53 Å². The summed E-state index contributed by atoms with van der Waals surface area (Å²) in [6, 6.07) is 11.3. The van der Waals surface area contributed by atoms with Crippen LogP contribution in [0.4, 0.5) is 5.69 Å². The molecule has 27 heavy (non-hydrogen) atoms. The van der Waals surface area contributed by atoms with Gasteiger partial charge in [0.1, 0.15) is 5.75 Å². The smallest absolute Gasteiger partial charge is 0.255 e. The summed E-state index contributed by atoms with van der Waals surface area (Å²) in [6.07, 6.45) is 3.63. The Bertz CT molecular complexity index is 1080. The molecule has 1 amide bonds. The summed E-state index contributed by atoms with van der Waals surface area (Å²) in [4.78, 5) is 22.5. The van der Waals surface area contributed by atoms with Crippen LogP contribution in [0.3, 0.4) is 0 Å². The van der Waals surface area contributed by atoms with Gasteiger partial charge in [0, 0.05) is 17.4 Å². The van der Waals surface area contributed by atoms with Crippen LogP contribution in [0.15, 0.2) is 36.4 Å². The largest absolute Gasteiger partial charge is 0.495 e. The molecular weight excluding hydrogens is 338 g/mol. The van der Waals surface area contributed by atoms with Gasteiger partial charge in [-0.3, -0.25) is 4.79 Å². The Morgan fingerprint density at radius 1 is 1.04 bits per heavy atom. The van der Waals surface area contributed by atoms with E-state index >= 15 is 0 Å². The molecule has 2 bridgehead atoms. The highest BCUT2D eigenvalue weighted by Crippen LogP contribution is 2.51. The van der Waals surface area contributed by atoms with Crippen LogP contribution in [0.25, 0.3) is 11.0 Å². The van der Waals surface area contributed by atoms with Gasteiger partial charge in [-0.05, 0) is 62.1 Å². The number of fused-ring (bicyclic) bond motifs is 6. The lowest BCUT2D eigenvalue weighted by molar-refractivity contribution is 0.102. The highest BCUT2D eigenvalue weighted by atomic mass is 16.5. The summed E-state index contributed by atoms with van der Waals surface area (Å²) in [7, 11) is 1.60. The minimum Gasteiger partial charge on any atom is -0.495 e. The van der Waals surface area contributed by atoms with Gasteiger partial charge in [-0.25, -0.2) is 9.97 Å². The summed E-state index contributed by atoms with van der Waals surface area (Å²) >= 11 is 0. The van der Waals surface area contributed by atoms with E-state index in [-0.39, 0.29) is 5.91 Å². The number of amides is 1. The molecule has 1 N–H and O–H groups in total. The predicted molar refractivity (Wildman–Crippen MR) is 105 cm³/mol. The van der Waals surface area contributed by atoms with Gasteiger partial charge in [0.05, 0.1) is 35.2 Å². The lowest BCUT2D eigenvalue weighted by Crippen LogP contribution is -2.13. The van der Waals surface area contributed by atoms with Crippen LogP contribution in [0, 0.1) is 6.92 Å². The Kier molecular flexibility index (Phi) is 3.64. The van der Waals surface area contributed by atoms with Crippen LogP contribution in [0.1, 0.15) is 58.4 Å². The summed E-state index contributed by atoms with van der Waals surface area (Å²) < 4.78 is 5.35. The van der Waals surface area contributed by atoms with Crippen molar-refractivity contribution in [3.8, 4) is 5.75 Å². The third-order valence-corrected chi connectivity index (χ3v) is 5.79. The first-order chi connectivity index (χ1) is 13.1. The molecule has 0 spiro atoms. The Labute approximate surface area is 157 Å². The number of aromatic nitrogens is 2. The summed E-state index contributed by atoms with van der Waals surface area (Å²) in [5.74, 6) is 1.60. The first-order valence-electron chi connectivity index (χ1n) is 9.40. The molecule has 1 saturated carbocycles. The SMILES string of the molecule is COc1ccc(C)cc1NC(=O)c1ccc2nc3c(nc2c1)C1CCC3C1. The van der Waals surface area contributed by atoms with E-state index in [1.807, 2.05) is 43.3 Å². The molecule has 136 valence electrons. The maximum Gasteiger partial charge on any atom is 0.255 e. The fourth-order valence-corrected chi connectivity index (χ4v) is 4.42. The van der Waals surface area contributed by atoms with Gasteiger partial charge in [0.25, 0.3) is 5.91 Å². The molecule has 2 aromatic carbocycles. The molecular formula is C22H21N3O2. The van der Waals surface area contributed by atoms with Crippen molar-refractivity contribution in [1.29, 1.82) is 0 Å². The van der Waals surface area contributed by atoms with Crippen molar-refractivity contribution in [3.63, 3.8) is 0 Å². The van der Waals surface area contributed by atoms with Crippen molar-refractivity contribution in [2.24, 2.45) is 0 Å². The molecule has 0 aliphatic heterocycles. The number of rotatable bonds is 3. The summed E-state index contributed by atoms with van der Waals surface area (Å²) in [5, 5.41) is 2.95. The lowest BCUT2D eigenvalue weighted by Gasteiger charge is -2.14. The van der Waals surface area contributed by atoms with E-state index in [0.717, 1.165) is 22.3 Å². The number of hydrogen-bond donors (Lipinski definition) is 1. The predicted octanol–water partition coefficient (Wildman–Crippen LogP) is 4.56. The molecule has 5 heteroatoms. The molecule has 1 heterocycles. The lowest BCUT2D eigenvalue weighted by atomic mass is 10.00. The van der Waals surface area contributed by atoms with E-state index < -0.39 is 0 Å². The highest BCUT2D eigenvalue weighted by Gasteiger charge is 2.39. The number of anilines is 1. The molecule has 2 aliphatic rings. The normalized spacial score (nSPS) is 19.9. The number of hydrogen-bond acceptors (Lipinski definition) is 4. The molecule has 5 rings (SSSR count). The second-order valence-corrected chi connectivity index (χ2v) is 7.56. The van der Waals surface area contributed by atoms with Crippen LogP contribution in [0.5, 0.6) is 5.75 Å². The van der Waals surface area contributed by atoms with Gasteiger partial charge >= 0.3 is 0 Å². The molecule has 3 aromatic rings. The monoisotopic (exact) mass is 359 g/mol. The van der Waals surface area contributed by atoms with Crippen LogP contribution in [0.2, 0.25) is 0 Å². The van der Waals surface area contributed by atoms with Gasteiger partial charge < -0.3 is 10.1 Å². The minimum absolute atomic E-state index is 0.176. The topological polar surface area (TPSA) is 64.1 Å². The Morgan fingerprint density at radius 2 is 1.78 bits per heavy atom. The number of methoxy groups -OCH3 is 1. The number of aryl methyl sites for hydroxylation is 1. The van der Waals surface area contributed by atoms with Gasteiger partial charge in [-0.1, -0.05) is 6.07 Å². The molecule has 1 aromatic heterocycles. The zero-order valence-electron chi connectivity index (χ0n) is 15.5. The fourth-order valence-electron chi connectivity index (χ4n) is 4.42. The van der Waals surface area contributed by atoms with Gasteiger partial charge in [-0.15, -0.1) is 0 Å². The molecule has 2 atom stereocenters. The number of nitrogens with one attached hydrogen (secondary N) is 1. The number of benzene rings is 2. The van der Waals surface area contributed by atoms with E-state index in [1.54, 1.807) is 7.11 Å². The van der Waals surface area contributed by atoms with Crippen molar-refractivity contribution >= 4 is 22.6 Å². The first kappa shape index (κ1) is 16.2. The van der Waals surface area contributed by atoms with E-state index in [2.05, 4.69) is 5.32 Å². The van der Waals surface area contributed by atoms with Gasteiger partial charge in [0.2, 0.25) is 0 Å². The second-order valence-electron chi connectivity index (χ2n) is 7.56. The van der Waals surface area contributed by atoms with Crippen LogP contribution in [-0.4, -0.2) is 23.0 Å². The number of nitrogens with zero attached hydrogens (tertiary/aromatic N) is 2. The molecule has 5 nitrogen and oxygen atoms in total. The molecule has 2 unspecified atom stereocenters. The van der Waals surface area contributed by atoms with E-state index in [9.17, 15) is 4.79 Å². The average molecular weight is 359 g/mol. The molecule has 0 saturated heterocycles. The molecule has 0 radical (unpaired) electrons. The summed E-state index contributed by atoms with van der Waals surface area (Å²) in [5.41, 5.74) is 6.29.